The van der Waals surface area contributed by atoms with Gasteiger partial charge in [-0.05, 0) is 48.6 Å². The Balaban J connectivity index is 1.85. The molecule has 2 aliphatic rings. The van der Waals surface area contributed by atoms with E-state index in [1.54, 1.807) is 12.1 Å². The fraction of sp³-hybridized carbons (Fsp3) is 0.333. The summed E-state index contributed by atoms with van der Waals surface area (Å²) in [4.78, 5) is 23.5. The zero-order valence-electron chi connectivity index (χ0n) is 16.5. The summed E-state index contributed by atoms with van der Waals surface area (Å²) in [6.07, 6.45) is 4.68. The molecule has 154 valence electrons. The third kappa shape index (κ3) is 2.95. The van der Waals surface area contributed by atoms with Crippen LogP contribution in [0.4, 0.5) is 0 Å². The predicted molar refractivity (Wildman–Crippen MR) is 112 cm³/mol. The minimum Gasteiger partial charge on any atom is -0.478 e. The Bertz CT molecular complexity index is 1160. The number of carboxylic acid groups (broad SMARTS) is 2. The molecule has 1 aliphatic heterocycles. The second-order valence-electron chi connectivity index (χ2n) is 8.19. The topological polar surface area (TPSA) is 88.8 Å². The molecule has 30 heavy (non-hydrogen) atoms. The summed E-state index contributed by atoms with van der Waals surface area (Å²) in [5.41, 5.74) is 4.00. The van der Waals surface area contributed by atoms with Crippen molar-refractivity contribution in [1.82, 2.24) is 4.57 Å². The van der Waals surface area contributed by atoms with Gasteiger partial charge in [0.2, 0.25) is 6.10 Å². The maximum Gasteiger partial charge on any atom is 0.346 e. The van der Waals surface area contributed by atoms with Crippen LogP contribution >= 0.6 is 0 Å². The molecule has 2 heterocycles. The normalized spacial score (nSPS) is 18.9. The maximum absolute atomic E-state index is 11.9. The zero-order valence-corrected chi connectivity index (χ0v) is 16.5. The summed E-state index contributed by atoms with van der Waals surface area (Å²) in [6.45, 7) is 0.131. The van der Waals surface area contributed by atoms with Gasteiger partial charge in [0, 0.05) is 16.5 Å². The standard InChI is InChI=1S/C24H23NO5/c26-23(27)15-10-11-16-18(12-15)25-13-20(24(28)29)30-19-9-5-4-8-17(19)22(25)21(16)14-6-2-1-3-7-14/h4-5,8-12,14,20H,1-3,6-7,13H2,(H,26,27)(H,28,29). The lowest BCUT2D eigenvalue weighted by Gasteiger charge is -2.23. The van der Waals surface area contributed by atoms with Crippen molar-refractivity contribution in [3.63, 3.8) is 0 Å². The van der Waals surface area contributed by atoms with E-state index >= 15 is 0 Å². The fourth-order valence-electron chi connectivity index (χ4n) is 5.04. The van der Waals surface area contributed by atoms with Gasteiger partial charge in [0.15, 0.2) is 0 Å². The van der Waals surface area contributed by atoms with Crippen LogP contribution in [0.5, 0.6) is 5.75 Å². The quantitative estimate of drug-likeness (QED) is 0.647. The molecular formula is C24H23NO5. The highest BCUT2D eigenvalue weighted by Gasteiger charge is 2.33. The number of aromatic carboxylic acids is 1. The number of aromatic nitrogens is 1. The van der Waals surface area contributed by atoms with Crippen molar-refractivity contribution in [3.8, 4) is 17.0 Å². The highest BCUT2D eigenvalue weighted by atomic mass is 16.5. The molecule has 2 N–H and O–H groups in total. The summed E-state index contributed by atoms with van der Waals surface area (Å²) < 4.78 is 7.86. The number of carbonyl (C=O) groups is 2. The van der Waals surface area contributed by atoms with Crippen LogP contribution in [0.15, 0.2) is 42.5 Å². The number of rotatable bonds is 3. The van der Waals surface area contributed by atoms with Gasteiger partial charge < -0.3 is 19.5 Å². The molecular weight excluding hydrogens is 382 g/mol. The third-order valence-electron chi connectivity index (χ3n) is 6.40. The second kappa shape index (κ2) is 7.20. The van der Waals surface area contributed by atoms with Crippen LogP contribution in [0.2, 0.25) is 0 Å². The van der Waals surface area contributed by atoms with Crippen LogP contribution in [0.1, 0.15) is 53.9 Å². The van der Waals surface area contributed by atoms with Gasteiger partial charge in [0.1, 0.15) is 5.75 Å². The second-order valence-corrected chi connectivity index (χ2v) is 8.19. The van der Waals surface area contributed by atoms with Crippen molar-refractivity contribution in [1.29, 1.82) is 0 Å². The van der Waals surface area contributed by atoms with E-state index in [-0.39, 0.29) is 12.1 Å². The van der Waals surface area contributed by atoms with Gasteiger partial charge >= 0.3 is 11.9 Å². The number of benzene rings is 2. The van der Waals surface area contributed by atoms with Gasteiger partial charge in [0.25, 0.3) is 0 Å². The Morgan fingerprint density at radius 1 is 1.00 bits per heavy atom. The van der Waals surface area contributed by atoms with E-state index in [4.69, 9.17) is 4.74 Å². The molecule has 0 saturated heterocycles. The summed E-state index contributed by atoms with van der Waals surface area (Å²) in [5.74, 6) is -1.11. The molecule has 0 bridgehead atoms. The first-order valence-corrected chi connectivity index (χ1v) is 10.4. The Kier molecular flexibility index (Phi) is 4.50. The number of hydrogen-bond donors (Lipinski definition) is 2. The predicted octanol–water partition coefficient (Wildman–Crippen LogP) is 4.90. The number of hydrogen-bond acceptors (Lipinski definition) is 3. The first-order valence-electron chi connectivity index (χ1n) is 10.4. The summed E-state index contributed by atoms with van der Waals surface area (Å²) in [6, 6.07) is 12.8. The van der Waals surface area contributed by atoms with E-state index in [1.807, 2.05) is 34.9 Å². The molecule has 5 rings (SSSR count). The molecule has 0 radical (unpaired) electrons. The van der Waals surface area contributed by atoms with E-state index in [2.05, 4.69) is 0 Å². The van der Waals surface area contributed by atoms with Crippen LogP contribution in [0, 0.1) is 0 Å². The number of aliphatic carboxylic acids is 1. The van der Waals surface area contributed by atoms with E-state index < -0.39 is 18.0 Å². The number of fused-ring (bicyclic) bond motifs is 5. The molecule has 1 saturated carbocycles. The van der Waals surface area contributed by atoms with Gasteiger partial charge in [0.05, 0.1) is 17.8 Å². The lowest BCUT2D eigenvalue weighted by atomic mass is 9.81. The molecule has 3 aromatic rings. The molecule has 1 aromatic heterocycles. The molecule has 2 aromatic carbocycles. The molecule has 6 nitrogen and oxygen atoms in total. The molecule has 1 atom stereocenters. The summed E-state index contributed by atoms with van der Waals surface area (Å²) in [7, 11) is 0. The van der Waals surface area contributed by atoms with Crippen molar-refractivity contribution >= 4 is 22.8 Å². The molecule has 0 amide bonds. The lowest BCUT2D eigenvalue weighted by molar-refractivity contribution is -0.145. The molecule has 1 aliphatic carbocycles. The zero-order chi connectivity index (χ0) is 20.8. The minimum atomic E-state index is -1.05. The van der Waals surface area contributed by atoms with Crippen molar-refractivity contribution in [3.05, 3.63) is 53.6 Å². The van der Waals surface area contributed by atoms with Gasteiger partial charge in [-0.1, -0.05) is 37.5 Å². The highest BCUT2D eigenvalue weighted by molar-refractivity contribution is 5.99. The van der Waals surface area contributed by atoms with Crippen LogP contribution in [0.3, 0.4) is 0 Å². The van der Waals surface area contributed by atoms with Crippen LogP contribution < -0.4 is 4.74 Å². The van der Waals surface area contributed by atoms with Gasteiger partial charge in [-0.25, -0.2) is 9.59 Å². The van der Waals surface area contributed by atoms with Crippen molar-refractivity contribution < 1.29 is 24.5 Å². The fourth-order valence-corrected chi connectivity index (χ4v) is 5.04. The van der Waals surface area contributed by atoms with Gasteiger partial charge in [-0.3, -0.25) is 0 Å². The summed E-state index contributed by atoms with van der Waals surface area (Å²) in [5, 5.41) is 20.3. The third-order valence-corrected chi connectivity index (χ3v) is 6.40. The van der Waals surface area contributed by atoms with Crippen LogP contribution in [-0.2, 0) is 11.3 Å². The summed E-state index contributed by atoms with van der Waals surface area (Å²) >= 11 is 0. The molecule has 1 fully saturated rings. The Hall–Kier alpha value is -3.28. The first-order chi connectivity index (χ1) is 14.5. The Labute approximate surface area is 173 Å². The van der Waals surface area contributed by atoms with Crippen molar-refractivity contribution in [2.24, 2.45) is 0 Å². The van der Waals surface area contributed by atoms with E-state index in [9.17, 15) is 19.8 Å². The van der Waals surface area contributed by atoms with Crippen LogP contribution in [0.25, 0.3) is 22.2 Å². The average molecular weight is 405 g/mol. The van der Waals surface area contributed by atoms with Crippen LogP contribution in [-0.4, -0.2) is 32.8 Å². The Morgan fingerprint density at radius 3 is 2.50 bits per heavy atom. The number of para-hydroxylation sites is 1. The van der Waals surface area contributed by atoms with Crippen molar-refractivity contribution in [2.75, 3.05) is 0 Å². The van der Waals surface area contributed by atoms with Gasteiger partial charge in [-0.15, -0.1) is 0 Å². The highest BCUT2D eigenvalue weighted by Crippen LogP contribution is 2.47. The minimum absolute atomic E-state index is 0.131. The molecule has 6 heteroatoms. The average Bonchev–Trinajstić information content (AvgIpc) is 2.96. The van der Waals surface area contributed by atoms with E-state index in [0.717, 1.165) is 35.0 Å². The molecule has 0 spiro atoms. The van der Waals surface area contributed by atoms with E-state index in [1.165, 1.54) is 24.8 Å². The number of carboxylic acids is 2. The SMILES string of the molecule is O=C(O)c1ccc2c(C3CCCCC3)c3n(c2c1)CC(C(=O)O)Oc1ccccc1-3. The number of ether oxygens (including phenoxy) is 1. The lowest BCUT2D eigenvalue weighted by Crippen LogP contribution is -2.30. The molecule has 1 unspecified atom stereocenters. The maximum atomic E-state index is 11.9. The Morgan fingerprint density at radius 2 is 1.77 bits per heavy atom. The number of nitrogens with zero attached hydrogens (tertiary/aromatic N) is 1. The van der Waals surface area contributed by atoms with Crippen molar-refractivity contribution in [2.45, 2.75) is 50.7 Å². The largest absolute Gasteiger partial charge is 0.478 e. The van der Waals surface area contributed by atoms with E-state index in [0.29, 0.717) is 11.7 Å². The van der Waals surface area contributed by atoms with Gasteiger partial charge in [-0.2, -0.15) is 0 Å². The first kappa shape index (κ1) is 18.7. The smallest absolute Gasteiger partial charge is 0.346 e. The monoisotopic (exact) mass is 405 g/mol.